The summed E-state index contributed by atoms with van der Waals surface area (Å²) >= 11 is 6.65. The first kappa shape index (κ1) is 11.3. The van der Waals surface area contributed by atoms with Gasteiger partial charge >= 0.3 is 5.69 Å². The summed E-state index contributed by atoms with van der Waals surface area (Å²) in [6.07, 6.45) is 0. The van der Waals surface area contributed by atoms with E-state index in [0.29, 0.717) is 4.64 Å². The van der Waals surface area contributed by atoms with Crippen molar-refractivity contribution in [1.29, 1.82) is 0 Å². The number of aromatic nitrogens is 2. The van der Waals surface area contributed by atoms with E-state index in [4.69, 9.17) is 12.2 Å². The summed E-state index contributed by atoms with van der Waals surface area (Å²) in [5.41, 5.74) is 1.77. The van der Waals surface area contributed by atoms with Gasteiger partial charge < -0.3 is 0 Å². The maximum atomic E-state index is 11.8. The second-order valence-corrected chi connectivity index (χ2v) is 5.02. The van der Waals surface area contributed by atoms with Crippen molar-refractivity contribution < 1.29 is 0 Å². The molecule has 0 spiro atoms. The van der Waals surface area contributed by atoms with Gasteiger partial charge in [0.2, 0.25) is 0 Å². The van der Waals surface area contributed by atoms with E-state index >= 15 is 0 Å². The number of nitrogens with one attached hydrogen (secondary N) is 1. The number of aromatic amines is 1. The second kappa shape index (κ2) is 4.35. The summed E-state index contributed by atoms with van der Waals surface area (Å²) in [7, 11) is 0. The van der Waals surface area contributed by atoms with Crippen molar-refractivity contribution in [3.05, 3.63) is 38.0 Å². The highest BCUT2D eigenvalue weighted by Gasteiger charge is 2.10. The first-order chi connectivity index (χ1) is 7.59. The van der Waals surface area contributed by atoms with Gasteiger partial charge in [0.05, 0.1) is 5.69 Å². The Labute approximate surface area is 102 Å². The van der Waals surface area contributed by atoms with Crippen molar-refractivity contribution in [2.24, 2.45) is 0 Å². The summed E-state index contributed by atoms with van der Waals surface area (Å²) in [4.78, 5) is 14.5. The Balaban J connectivity index is 2.78. The standard InChI is InChI=1S/C11H12N2OS2/c1-7(2)13-9(8-3-4-16-6-8)5-10(15)12-11(13)14/h3-7H,1-2H3,(H,12,14,15). The summed E-state index contributed by atoms with van der Waals surface area (Å²) in [6, 6.07) is 3.93. The van der Waals surface area contributed by atoms with Gasteiger partial charge in [-0.25, -0.2) is 4.79 Å². The minimum atomic E-state index is -0.149. The third-order valence-corrected chi connectivity index (χ3v) is 3.21. The minimum absolute atomic E-state index is 0.106. The number of hydrogen-bond acceptors (Lipinski definition) is 3. The lowest BCUT2D eigenvalue weighted by molar-refractivity contribution is 0.569. The summed E-state index contributed by atoms with van der Waals surface area (Å²) in [5.74, 6) is 0. The second-order valence-electron chi connectivity index (χ2n) is 3.80. The molecule has 2 aromatic heterocycles. The molecule has 0 atom stereocenters. The highest BCUT2D eigenvalue weighted by atomic mass is 32.1. The number of thiophene rings is 1. The van der Waals surface area contributed by atoms with Crippen molar-refractivity contribution in [2.45, 2.75) is 19.9 Å². The van der Waals surface area contributed by atoms with Crippen LogP contribution in [0.2, 0.25) is 0 Å². The van der Waals surface area contributed by atoms with Crippen LogP contribution in [-0.4, -0.2) is 9.55 Å². The molecule has 0 aliphatic carbocycles. The Hall–Kier alpha value is -1.20. The summed E-state index contributed by atoms with van der Waals surface area (Å²) in [5, 5.41) is 4.01. The maximum Gasteiger partial charge on any atom is 0.327 e. The Kier molecular flexibility index (Phi) is 3.07. The van der Waals surface area contributed by atoms with Crippen LogP contribution in [0, 0.1) is 4.64 Å². The summed E-state index contributed by atoms with van der Waals surface area (Å²) < 4.78 is 2.20. The van der Waals surface area contributed by atoms with Crippen LogP contribution in [0.5, 0.6) is 0 Å². The van der Waals surface area contributed by atoms with Gasteiger partial charge in [-0.3, -0.25) is 9.55 Å². The molecule has 0 aliphatic rings. The fourth-order valence-corrected chi connectivity index (χ4v) is 2.50. The molecule has 84 valence electrons. The molecule has 0 saturated heterocycles. The lowest BCUT2D eigenvalue weighted by Gasteiger charge is -2.14. The molecule has 5 heteroatoms. The van der Waals surface area contributed by atoms with Crippen molar-refractivity contribution in [3.8, 4) is 11.3 Å². The average Bonchev–Trinajstić information content (AvgIpc) is 2.67. The fourth-order valence-electron chi connectivity index (χ4n) is 1.65. The molecular formula is C11H12N2OS2. The molecule has 0 radical (unpaired) electrons. The topological polar surface area (TPSA) is 37.8 Å². The summed E-state index contributed by atoms with van der Waals surface area (Å²) in [6.45, 7) is 3.96. The average molecular weight is 252 g/mol. The Morgan fingerprint density at radius 1 is 1.50 bits per heavy atom. The van der Waals surface area contributed by atoms with Crippen LogP contribution < -0.4 is 5.69 Å². The molecule has 0 unspecified atom stereocenters. The smallest absolute Gasteiger partial charge is 0.298 e. The molecule has 2 heterocycles. The van der Waals surface area contributed by atoms with Crippen LogP contribution in [0.15, 0.2) is 27.7 Å². The molecule has 0 bridgehead atoms. The Bertz CT molecular complexity index is 593. The van der Waals surface area contributed by atoms with E-state index in [2.05, 4.69) is 4.98 Å². The molecular weight excluding hydrogens is 240 g/mol. The predicted molar refractivity (Wildman–Crippen MR) is 69.6 cm³/mol. The van der Waals surface area contributed by atoms with Crippen LogP contribution in [0.4, 0.5) is 0 Å². The largest absolute Gasteiger partial charge is 0.327 e. The molecule has 0 amide bonds. The van der Waals surface area contributed by atoms with Gasteiger partial charge in [0.15, 0.2) is 0 Å². The molecule has 3 nitrogen and oxygen atoms in total. The zero-order valence-electron chi connectivity index (χ0n) is 9.06. The molecule has 1 N–H and O–H groups in total. The third kappa shape index (κ3) is 2.01. The molecule has 0 aliphatic heterocycles. The number of nitrogens with zero attached hydrogens (tertiary/aromatic N) is 1. The Morgan fingerprint density at radius 2 is 2.25 bits per heavy atom. The number of hydrogen-bond donors (Lipinski definition) is 1. The monoisotopic (exact) mass is 252 g/mol. The van der Waals surface area contributed by atoms with Gasteiger partial charge in [-0.15, -0.1) is 0 Å². The van der Waals surface area contributed by atoms with Gasteiger partial charge in [0, 0.05) is 17.0 Å². The van der Waals surface area contributed by atoms with E-state index < -0.39 is 0 Å². The van der Waals surface area contributed by atoms with E-state index in [1.54, 1.807) is 15.9 Å². The van der Waals surface area contributed by atoms with Crippen molar-refractivity contribution in [3.63, 3.8) is 0 Å². The van der Waals surface area contributed by atoms with E-state index in [0.717, 1.165) is 11.3 Å². The van der Waals surface area contributed by atoms with Crippen molar-refractivity contribution in [2.75, 3.05) is 0 Å². The predicted octanol–water partition coefficient (Wildman–Crippen LogP) is 3.22. The molecule has 0 saturated carbocycles. The third-order valence-electron chi connectivity index (χ3n) is 2.31. The molecule has 0 fully saturated rings. The van der Waals surface area contributed by atoms with Crippen LogP contribution >= 0.6 is 23.6 Å². The van der Waals surface area contributed by atoms with E-state index in [1.807, 2.05) is 36.7 Å². The zero-order chi connectivity index (χ0) is 11.7. The maximum absolute atomic E-state index is 11.8. The van der Waals surface area contributed by atoms with Crippen molar-refractivity contribution >= 4 is 23.6 Å². The first-order valence-corrected chi connectivity index (χ1v) is 6.33. The normalized spacial score (nSPS) is 10.9. The number of rotatable bonds is 2. The van der Waals surface area contributed by atoms with Crippen LogP contribution in [0.25, 0.3) is 11.3 Å². The molecule has 16 heavy (non-hydrogen) atoms. The quantitative estimate of drug-likeness (QED) is 0.833. The van der Waals surface area contributed by atoms with Gasteiger partial charge in [-0.05, 0) is 31.4 Å². The highest BCUT2D eigenvalue weighted by molar-refractivity contribution is 7.71. The van der Waals surface area contributed by atoms with E-state index in [9.17, 15) is 4.79 Å². The van der Waals surface area contributed by atoms with Gasteiger partial charge in [-0.1, -0.05) is 12.2 Å². The van der Waals surface area contributed by atoms with Crippen LogP contribution in [-0.2, 0) is 0 Å². The molecule has 0 aromatic carbocycles. The molecule has 2 rings (SSSR count). The van der Waals surface area contributed by atoms with Gasteiger partial charge in [0.1, 0.15) is 4.64 Å². The zero-order valence-corrected chi connectivity index (χ0v) is 10.7. The van der Waals surface area contributed by atoms with Gasteiger partial charge in [-0.2, -0.15) is 11.3 Å². The molecule has 2 aromatic rings. The van der Waals surface area contributed by atoms with E-state index in [-0.39, 0.29) is 11.7 Å². The number of H-pyrrole nitrogens is 1. The Morgan fingerprint density at radius 3 is 2.81 bits per heavy atom. The highest BCUT2D eigenvalue weighted by Crippen LogP contribution is 2.22. The van der Waals surface area contributed by atoms with Gasteiger partial charge in [0.25, 0.3) is 0 Å². The fraction of sp³-hybridized carbons (Fsp3) is 0.273. The van der Waals surface area contributed by atoms with E-state index in [1.165, 1.54) is 0 Å². The van der Waals surface area contributed by atoms with Crippen molar-refractivity contribution in [1.82, 2.24) is 9.55 Å². The lowest BCUT2D eigenvalue weighted by atomic mass is 10.2. The lowest BCUT2D eigenvalue weighted by Crippen LogP contribution is -2.25. The first-order valence-electron chi connectivity index (χ1n) is 4.98. The minimum Gasteiger partial charge on any atom is -0.298 e. The van der Waals surface area contributed by atoms with Crippen LogP contribution in [0.1, 0.15) is 19.9 Å². The van der Waals surface area contributed by atoms with Crippen LogP contribution in [0.3, 0.4) is 0 Å². The SMILES string of the molecule is CC(C)n1c(-c2ccsc2)cc(=S)[nH]c1=O.